The Labute approximate surface area is 158 Å². The molecule has 1 saturated carbocycles. The third-order valence-electron chi connectivity index (χ3n) is 5.55. The normalized spacial score (nSPS) is 21.2. The summed E-state index contributed by atoms with van der Waals surface area (Å²) in [6.45, 7) is 0.872. The second kappa shape index (κ2) is 8.08. The number of primary amides is 1. The van der Waals surface area contributed by atoms with E-state index in [1.807, 2.05) is 0 Å². The first-order valence-corrected chi connectivity index (χ1v) is 9.57. The van der Waals surface area contributed by atoms with Crippen molar-refractivity contribution < 1.29 is 19.5 Å². The molecular weight excluding hydrogens is 346 g/mol. The van der Waals surface area contributed by atoms with Crippen molar-refractivity contribution in [2.75, 3.05) is 13.1 Å². The summed E-state index contributed by atoms with van der Waals surface area (Å²) in [5.74, 6) is -0.708. The molecule has 0 radical (unpaired) electrons. The Bertz CT molecular complexity index is 710. The lowest BCUT2D eigenvalue weighted by atomic mass is 9.94. The van der Waals surface area contributed by atoms with Crippen LogP contribution in [0.15, 0.2) is 24.3 Å². The first-order valence-electron chi connectivity index (χ1n) is 9.57. The van der Waals surface area contributed by atoms with E-state index in [1.54, 1.807) is 29.2 Å². The second-order valence-corrected chi connectivity index (χ2v) is 7.60. The third-order valence-corrected chi connectivity index (χ3v) is 5.55. The third kappa shape index (κ3) is 4.47. The van der Waals surface area contributed by atoms with Crippen LogP contribution in [-0.2, 0) is 16.0 Å². The number of aryl methyl sites for hydroxylation is 1. The number of hydrogen-bond donors (Lipinski definition) is 3. The highest BCUT2D eigenvalue weighted by Crippen LogP contribution is 2.33. The number of benzene rings is 1. The van der Waals surface area contributed by atoms with Crippen molar-refractivity contribution in [2.24, 2.45) is 5.73 Å². The number of carbonyl (C=O) groups excluding carboxylic acids is 3. The Morgan fingerprint density at radius 3 is 2.41 bits per heavy atom. The highest BCUT2D eigenvalue weighted by atomic mass is 16.3. The van der Waals surface area contributed by atoms with Crippen LogP contribution < -0.4 is 11.1 Å². The number of nitrogens with zero attached hydrogens (tertiary/aromatic N) is 1. The molecule has 4 N–H and O–H groups in total. The number of amides is 3. The van der Waals surface area contributed by atoms with Crippen LogP contribution in [0.4, 0.5) is 0 Å². The summed E-state index contributed by atoms with van der Waals surface area (Å²) in [5.41, 5.74) is 5.71. The standard InChI is InChI=1S/C20H27N3O4/c21-17(25)8-5-14-3-6-15(7-4-14)18(26)22-20(10-1-2-11-20)19(27)23-12-9-16(24)13-23/h3-4,6-7,16,24H,1-2,5,8-13H2,(H2,21,25)(H,22,26)/t16-/m1/s1. The Kier molecular flexibility index (Phi) is 5.79. The molecule has 1 aromatic rings. The van der Waals surface area contributed by atoms with Crippen LogP contribution in [0.1, 0.15) is 54.4 Å². The molecule has 1 atom stereocenters. The first kappa shape index (κ1) is 19.4. The van der Waals surface area contributed by atoms with Gasteiger partial charge in [-0.05, 0) is 43.4 Å². The van der Waals surface area contributed by atoms with Crippen LogP contribution in [0.3, 0.4) is 0 Å². The van der Waals surface area contributed by atoms with E-state index < -0.39 is 11.6 Å². The molecule has 3 rings (SSSR count). The summed E-state index contributed by atoms with van der Waals surface area (Å²) in [6.07, 6.45) is 3.96. The van der Waals surface area contributed by atoms with Gasteiger partial charge in [0.25, 0.3) is 5.91 Å². The molecule has 146 valence electrons. The van der Waals surface area contributed by atoms with Crippen LogP contribution >= 0.6 is 0 Å². The van der Waals surface area contributed by atoms with E-state index in [0.29, 0.717) is 44.3 Å². The predicted molar refractivity (Wildman–Crippen MR) is 99.8 cm³/mol. The van der Waals surface area contributed by atoms with Gasteiger partial charge in [-0.1, -0.05) is 25.0 Å². The maximum absolute atomic E-state index is 13.0. The highest BCUT2D eigenvalue weighted by molar-refractivity contribution is 5.99. The maximum atomic E-state index is 13.0. The van der Waals surface area contributed by atoms with E-state index in [-0.39, 0.29) is 24.1 Å². The van der Waals surface area contributed by atoms with Gasteiger partial charge >= 0.3 is 0 Å². The summed E-state index contributed by atoms with van der Waals surface area (Å²) >= 11 is 0. The number of aliphatic hydroxyl groups excluding tert-OH is 1. The van der Waals surface area contributed by atoms with E-state index in [1.165, 1.54) is 0 Å². The molecule has 2 fully saturated rings. The van der Waals surface area contributed by atoms with Crippen LogP contribution in [-0.4, -0.2) is 52.5 Å². The SMILES string of the molecule is NC(=O)CCc1ccc(C(=O)NC2(C(=O)N3CC[C@@H](O)C3)CCCC2)cc1. The number of nitrogens with two attached hydrogens (primary N) is 1. The minimum atomic E-state index is -0.869. The van der Waals surface area contributed by atoms with E-state index in [0.717, 1.165) is 18.4 Å². The van der Waals surface area contributed by atoms with Gasteiger partial charge < -0.3 is 21.1 Å². The van der Waals surface area contributed by atoms with Crippen LogP contribution in [0.25, 0.3) is 0 Å². The summed E-state index contributed by atoms with van der Waals surface area (Å²) < 4.78 is 0. The van der Waals surface area contributed by atoms with Crippen molar-refractivity contribution in [1.82, 2.24) is 10.2 Å². The quantitative estimate of drug-likeness (QED) is 0.682. The Morgan fingerprint density at radius 1 is 1.19 bits per heavy atom. The molecule has 1 heterocycles. The van der Waals surface area contributed by atoms with Crippen molar-refractivity contribution in [3.05, 3.63) is 35.4 Å². The topological polar surface area (TPSA) is 113 Å². The summed E-state index contributed by atoms with van der Waals surface area (Å²) in [4.78, 5) is 38.3. The molecule has 1 aliphatic heterocycles. The lowest BCUT2D eigenvalue weighted by Crippen LogP contribution is -2.57. The lowest BCUT2D eigenvalue weighted by Gasteiger charge is -2.33. The number of hydrogen-bond acceptors (Lipinski definition) is 4. The van der Waals surface area contributed by atoms with E-state index >= 15 is 0 Å². The van der Waals surface area contributed by atoms with Gasteiger partial charge in [0.2, 0.25) is 11.8 Å². The molecule has 0 bridgehead atoms. The smallest absolute Gasteiger partial charge is 0.252 e. The number of β-amino-alcohol motifs (C(OH)–C–C–N with tert-alkyl or cyclic N) is 1. The fraction of sp³-hybridized carbons (Fsp3) is 0.550. The fourth-order valence-electron chi connectivity index (χ4n) is 3.98. The number of nitrogens with one attached hydrogen (secondary N) is 1. The van der Waals surface area contributed by atoms with Gasteiger partial charge in [0.05, 0.1) is 6.10 Å². The minimum absolute atomic E-state index is 0.0806. The first-order chi connectivity index (χ1) is 12.9. The molecule has 1 aliphatic carbocycles. The number of rotatable bonds is 6. The molecule has 0 spiro atoms. The van der Waals surface area contributed by atoms with Crippen LogP contribution in [0.2, 0.25) is 0 Å². The van der Waals surface area contributed by atoms with Crippen LogP contribution in [0, 0.1) is 0 Å². The molecule has 3 amide bonds. The lowest BCUT2D eigenvalue weighted by molar-refractivity contribution is -0.137. The van der Waals surface area contributed by atoms with E-state index in [4.69, 9.17) is 5.73 Å². The Balaban J connectivity index is 1.68. The van der Waals surface area contributed by atoms with Crippen molar-refractivity contribution >= 4 is 17.7 Å². The van der Waals surface area contributed by atoms with Gasteiger partial charge in [0.15, 0.2) is 0 Å². The molecule has 2 aliphatic rings. The number of carbonyl (C=O) groups is 3. The minimum Gasteiger partial charge on any atom is -0.391 e. The zero-order valence-electron chi connectivity index (χ0n) is 15.4. The molecule has 7 nitrogen and oxygen atoms in total. The fourth-order valence-corrected chi connectivity index (χ4v) is 3.98. The van der Waals surface area contributed by atoms with E-state index in [9.17, 15) is 19.5 Å². The summed E-state index contributed by atoms with van der Waals surface area (Å²) in [7, 11) is 0. The zero-order valence-corrected chi connectivity index (χ0v) is 15.4. The Morgan fingerprint density at radius 2 is 1.85 bits per heavy atom. The number of aliphatic hydroxyl groups is 1. The maximum Gasteiger partial charge on any atom is 0.252 e. The van der Waals surface area contributed by atoms with Gasteiger partial charge in [0, 0.05) is 25.1 Å². The average Bonchev–Trinajstić information content (AvgIpc) is 3.29. The van der Waals surface area contributed by atoms with Gasteiger partial charge in [0.1, 0.15) is 5.54 Å². The predicted octanol–water partition coefficient (Wildman–Crippen LogP) is 0.740. The molecule has 1 saturated heterocycles. The van der Waals surface area contributed by atoms with Gasteiger partial charge in [-0.25, -0.2) is 0 Å². The second-order valence-electron chi connectivity index (χ2n) is 7.60. The van der Waals surface area contributed by atoms with Gasteiger partial charge in [-0.15, -0.1) is 0 Å². The van der Waals surface area contributed by atoms with Crippen LogP contribution in [0.5, 0.6) is 0 Å². The Hall–Kier alpha value is -2.41. The summed E-state index contributed by atoms with van der Waals surface area (Å²) in [5, 5.41) is 12.7. The monoisotopic (exact) mass is 373 g/mol. The van der Waals surface area contributed by atoms with Crippen molar-refractivity contribution in [3.63, 3.8) is 0 Å². The average molecular weight is 373 g/mol. The summed E-state index contributed by atoms with van der Waals surface area (Å²) in [6, 6.07) is 7.02. The zero-order chi connectivity index (χ0) is 19.4. The molecule has 27 heavy (non-hydrogen) atoms. The largest absolute Gasteiger partial charge is 0.391 e. The molecule has 1 aromatic carbocycles. The highest BCUT2D eigenvalue weighted by Gasteiger charge is 2.46. The van der Waals surface area contributed by atoms with E-state index in [2.05, 4.69) is 5.32 Å². The molecular formula is C20H27N3O4. The van der Waals surface area contributed by atoms with Crippen molar-refractivity contribution in [3.8, 4) is 0 Å². The van der Waals surface area contributed by atoms with Gasteiger partial charge in [-0.3, -0.25) is 14.4 Å². The molecule has 7 heteroatoms. The van der Waals surface area contributed by atoms with Gasteiger partial charge in [-0.2, -0.15) is 0 Å². The molecule has 0 aromatic heterocycles. The van der Waals surface area contributed by atoms with Crippen molar-refractivity contribution in [2.45, 2.75) is 56.6 Å². The number of likely N-dealkylation sites (tertiary alicyclic amines) is 1. The molecule has 0 unspecified atom stereocenters. The van der Waals surface area contributed by atoms with Crippen molar-refractivity contribution in [1.29, 1.82) is 0 Å².